The van der Waals surface area contributed by atoms with Crippen molar-refractivity contribution in [2.45, 2.75) is 58.9 Å². The second-order valence-corrected chi connectivity index (χ2v) is 12.7. The Morgan fingerprint density at radius 3 is 2.19 bits per heavy atom. The Hall–Kier alpha value is -3.36. The molecule has 1 saturated heterocycles. The van der Waals surface area contributed by atoms with Gasteiger partial charge in [0.1, 0.15) is 0 Å². The lowest BCUT2D eigenvalue weighted by molar-refractivity contribution is -0.133. The number of aryl methyl sites for hydroxylation is 3. The molecular formula is C35H46N2O5S. The molecule has 8 heteroatoms. The Morgan fingerprint density at radius 1 is 0.814 bits per heavy atom. The summed E-state index contributed by atoms with van der Waals surface area (Å²) in [5.41, 5.74) is 3.70. The molecule has 0 spiro atoms. The van der Waals surface area contributed by atoms with Crippen LogP contribution in [0.2, 0.25) is 0 Å². The minimum absolute atomic E-state index is 0.00844. The number of rotatable bonds is 15. The van der Waals surface area contributed by atoms with Crippen LogP contribution >= 0.6 is 11.3 Å². The Balaban J connectivity index is 1.18. The second kappa shape index (κ2) is 15.9. The van der Waals surface area contributed by atoms with Gasteiger partial charge in [-0.15, -0.1) is 11.3 Å². The van der Waals surface area contributed by atoms with Gasteiger partial charge in [0.2, 0.25) is 11.7 Å². The van der Waals surface area contributed by atoms with Gasteiger partial charge < -0.3 is 19.1 Å². The third-order valence-corrected chi connectivity index (χ3v) is 9.34. The SMILES string of the molecule is COc1ccc(CN2CCN(C(=O)C[C@H](C)CC(=O)c3ccc(CCCCc4ccc(C)cc4)s3)CC2)c(OC)c1OC. The summed E-state index contributed by atoms with van der Waals surface area (Å²) in [5, 5.41) is 0. The van der Waals surface area contributed by atoms with Gasteiger partial charge in [0, 0.05) is 56.0 Å². The minimum atomic E-state index is 0.00844. The Kier molecular flexibility index (Phi) is 12.1. The number of thiophene rings is 1. The summed E-state index contributed by atoms with van der Waals surface area (Å²) >= 11 is 1.61. The van der Waals surface area contributed by atoms with Crippen molar-refractivity contribution in [2.24, 2.45) is 5.92 Å². The fourth-order valence-electron chi connectivity index (χ4n) is 5.65. The van der Waals surface area contributed by atoms with Crippen LogP contribution in [0.4, 0.5) is 0 Å². The Bertz CT molecular complexity index is 1340. The van der Waals surface area contributed by atoms with Crippen LogP contribution in [0.3, 0.4) is 0 Å². The van der Waals surface area contributed by atoms with Gasteiger partial charge in [-0.2, -0.15) is 0 Å². The van der Waals surface area contributed by atoms with Gasteiger partial charge in [0.05, 0.1) is 26.2 Å². The van der Waals surface area contributed by atoms with Crippen LogP contribution in [0.25, 0.3) is 0 Å². The fraction of sp³-hybridized carbons (Fsp3) is 0.486. The van der Waals surface area contributed by atoms with E-state index in [1.54, 1.807) is 32.7 Å². The number of Topliss-reactive ketones (excluding diaryl/α,β-unsaturated/α-hetero) is 1. The van der Waals surface area contributed by atoms with E-state index in [2.05, 4.69) is 42.2 Å². The van der Waals surface area contributed by atoms with Gasteiger partial charge in [-0.05, 0) is 62.3 Å². The van der Waals surface area contributed by atoms with E-state index in [0.29, 0.717) is 49.7 Å². The van der Waals surface area contributed by atoms with Gasteiger partial charge in [-0.25, -0.2) is 0 Å². The first-order valence-corrected chi connectivity index (χ1v) is 16.1. The van der Waals surface area contributed by atoms with Gasteiger partial charge in [-0.1, -0.05) is 42.8 Å². The molecule has 0 unspecified atom stereocenters. The van der Waals surface area contributed by atoms with Gasteiger partial charge in [0.15, 0.2) is 17.3 Å². The van der Waals surface area contributed by atoms with Crippen LogP contribution in [0.15, 0.2) is 48.5 Å². The average molecular weight is 607 g/mol. The number of carbonyl (C=O) groups excluding carboxylic acids is 2. The smallest absolute Gasteiger partial charge is 0.222 e. The molecule has 2 heterocycles. The highest BCUT2D eigenvalue weighted by Gasteiger charge is 2.25. The molecule has 0 radical (unpaired) electrons. The van der Waals surface area contributed by atoms with Crippen LogP contribution in [-0.4, -0.2) is 69.0 Å². The molecule has 0 aliphatic carbocycles. The molecule has 0 bridgehead atoms. The number of piperazine rings is 1. The molecule has 7 nitrogen and oxygen atoms in total. The maximum Gasteiger partial charge on any atom is 0.222 e. The number of methoxy groups -OCH3 is 3. The van der Waals surface area contributed by atoms with E-state index in [0.717, 1.165) is 49.2 Å². The van der Waals surface area contributed by atoms with E-state index in [4.69, 9.17) is 14.2 Å². The topological polar surface area (TPSA) is 68.3 Å². The highest BCUT2D eigenvalue weighted by molar-refractivity contribution is 7.14. The predicted octanol–water partition coefficient (Wildman–Crippen LogP) is 6.59. The third-order valence-electron chi connectivity index (χ3n) is 8.16. The maximum absolute atomic E-state index is 13.1. The number of nitrogens with zero attached hydrogens (tertiary/aromatic N) is 2. The number of ether oxygens (including phenoxy) is 3. The quantitative estimate of drug-likeness (QED) is 0.144. The molecule has 3 aromatic rings. The monoisotopic (exact) mass is 606 g/mol. The molecule has 4 rings (SSSR count). The number of hydrogen-bond donors (Lipinski definition) is 0. The summed E-state index contributed by atoms with van der Waals surface area (Å²) in [6.07, 6.45) is 5.14. The molecule has 0 N–H and O–H groups in total. The van der Waals surface area contributed by atoms with Crippen LogP contribution in [0.1, 0.15) is 63.8 Å². The van der Waals surface area contributed by atoms with Crippen LogP contribution in [-0.2, 0) is 24.2 Å². The lowest BCUT2D eigenvalue weighted by Crippen LogP contribution is -2.48. The van der Waals surface area contributed by atoms with E-state index in [-0.39, 0.29) is 17.6 Å². The summed E-state index contributed by atoms with van der Waals surface area (Å²) < 4.78 is 16.6. The van der Waals surface area contributed by atoms with Crippen LogP contribution in [0, 0.1) is 12.8 Å². The molecule has 1 fully saturated rings. The predicted molar refractivity (Wildman–Crippen MR) is 173 cm³/mol. The van der Waals surface area contributed by atoms with Crippen molar-refractivity contribution in [1.82, 2.24) is 9.80 Å². The average Bonchev–Trinajstić information content (AvgIpc) is 3.49. The zero-order valence-electron chi connectivity index (χ0n) is 26.3. The summed E-state index contributed by atoms with van der Waals surface area (Å²) in [5.74, 6) is 2.18. The molecule has 232 valence electrons. The summed E-state index contributed by atoms with van der Waals surface area (Å²) in [4.78, 5) is 32.4. The van der Waals surface area contributed by atoms with Crippen molar-refractivity contribution in [1.29, 1.82) is 0 Å². The van der Waals surface area contributed by atoms with Crippen molar-refractivity contribution in [3.05, 3.63) is 75.0 Å². The Morgan fingerprint density at radius 2 is 1.51 bits per heavy atom. The number of carbonyl (C=O) groups is 2. The Labute approximate surface area is 260 Å². The summed E-state index contributed by atoms with van der Waals surface area (Å²) in [7, 11) is 4.85. The number of benzene rings is 2. The van der Waals surface area contributed by atoms with Crippen LogP contribution < -0.4 is 14.2 Å². The van der Waals surface area contributed by atoms with E-state index in [1.165, 1.54) is 16.0 Å². The highest BCUT2D eigenvalue weighted by Crippen LogP contribution is 2.40. The third kappa shape index (κ3) is 9.07. The number of amides is 1. The zero-order valence-corrected chi connectivity index (χ0v) is 27.1. The van der Waals surface area contributed by atoms with Gasteiger partial charge >= 0.3 is 0 Å². The van der Waals surface area contributed by atoms with Crippen molar-refractivity contribution >= 4 is 23.0 Å². The van der Waals surface area contributed by atoms with Gasteiger partial charge in [0.25, 0.3) is 0 Å². The summed E-state index contributed by atoms with van der Waals surface area (Å²) in [6.45, 7) is 7.73. The maximum atomic E-state index is 13.1. The van der Waals surface area contributed by atoms with Gasteiger partial charge in [-0.3, -0.25) is 14.5 Å². The van der Waals surface area contributed by atoms with Crippen molar-refractivity contribution in [2.75, 3.05) is 47.5 Å². The molecule has 1 aliphatic heterocycles. The van der Waals surface area contributed by atoms with Crippen molar-refractivity contribution < 1.29 is 23.8 Å². The van der Waals surface area contributed by atoms with E-state index in [9.17, 15) is 9.59 Å². The first-order chi connectivity index (χ1) is 20.8. The molecule has 2 aromatic carbocycles. The molecule has 1 aromatic heterocycles. The first-order valence-electron chi connectivity index (χ1n) is 15.3. The van der Waals surface area contributed by atoms with Crippen molar-refractivity contribution in [3.63, 3.8) is 0 Å². The normalized spacial score (nSPS) is 14.4. The summed E-state index contributed by atoms with van der Waals surface area (Å²) in [6, 6.07) is 16.7. The molecule has 1 aliphatic rings. The van der Waals surface area contributed by atoms with E-state index >= 15 is 0 Å². The lowest BCUT2D eigenvalue weighted by atomic mass is 9.99. The molecule has 0 saturated carbocycles. The largest absolute Gasteiger partial charge is 0.493 e. The number of unbranched alkanes of at least 4 members (excludes halogenated alkanes) is 1. The first kappa shape index (κ1) is 32.6. The molecular weight excluding hydrogens is 560 g/mol. The zero-order chi connectivity index (χ0) is 30.8. The molecule has 1 atom stereocenters. The van der Waals surface area contributed by atoms with E-state index in [1.807, 2.05) is 30.0 Å². The number of hydrogen-bond acceptors (Lipinski definition) is 7. The minimum Gasteiger partial charge on any atom is -0.493 e. The number of ketones is 1. The van der Waals surface area contributed by atoms with Crippen LogP contribution in [0.5, 0.6) is 17.2 Å². The second-order valence-electron chi connectivity index (χ2n) is 11.5. The molecule has 43 heavy (non-hydrogen) atoms. The van der Waals surface area contributed by atoms with Crippen molar-refractivity contribution in [3.8, 4) is 17.2 Å². The van der Waals surface area contributed by atoms with E-state index < -0.39 is 0 Å². The molecule has 1 amide bonds. The highest BCUT2D eigenvalue weighted by atomic mass is 32.1. The lowest BCUT2D eigenvalue weighted by Gasteiger charge is -2.35. The fourth-order valence-corrected chi connectivity index (χ4v) is 6.64. The standard InChI is InChI=1S/C35H46N2O5S/c1-25-10-12-27(13-11-25)8-6-7-9-29-15-17-32(43-29)30(38)22-26(2)23-33(39)37-20-18-36(19-21-37)24-28-14-16-31(40-3)35(42-5)34(28)41-4/h10-17,26H,6-9,18-24H2,1-5H3/t26-/m1/s1.